The third-order valence-electron chi connectivity index (χ3n) is 2.98. The number of rotatable bonds is 2. The zero-order valence-corrected chi connectivity index (χ0v) is 16.9. The molecule has 0 unspecified atom stereocenters. The molecule has 0 aromatic heterocycles. The minimum absolute atomic E-state index is 0.192. The van der Waals surface area contributed by atoms with Crippen molar-refractivity contribution >= 4 is 24.2 Å². The number of Topliss-reactive ketones (excluding diaryl/α,β-unsaturated/α-hetero) is 2. The van der Waals surface area contributed by atoms with Gasteiger partial charge in [-0.15, -0.1) is 12.6 Å². The first-order valence-electron chi connectivity index (χ1n) is 8.43. The lowest BCUT2D eigenvalue weighted by Gasteiger charge is -2.20. The molecule has 24 heavy (non-hydrogen) atoms. The normalized spacial score (nSPS) is 11.7. The molecule has 0 spiro atoms. The molecule has 1 aliphatic rings. The standard InChI is InChI=1S/C15H12O2S.3C2H6/c1-4-10-13(9(3)18)15(17)11-7-5-6-8(2)12(11)14(10)16;3*1-2/h4-7,18H,1,3H2,2H3;3*1-2H3. The van der Waals surface area contributed by atoms with Gasteiger partial charge in [-0.1, -0.05) is 79.0 Å². The Bertz CT molecular complexity index is 637. The number of hydrogen-bond donors (Lipinski definition) is 1. The number of carbonyl (C=O) groups excluding carboxylic acids is 2. The number of fused-ring (bicyclic) bond motifs is 1. The smallest absolute Gasteiger partial charge is 0.195 e. The van der Waals surface area contributed by atoms with E-state index in [0.717, 1.165) is 5.56 Å². The molecular formula is C21H30O2S. The highest BCUT2D eigenvalue weighted by atomic mass is 32.1. The van der Waals surface area contributed by atoms with Gasteiger partial charge in [-0.2, -0.15) is 0 Å². The van der Waals surface area contributed by atoms with Gasteiger partial charge < -0.3 is 0 Å². The lowest BCUT2D eigenvalue weighted by atomic mass is 9.82. The summed E-state index contributed by atoms with van der Waals surface area (Å²) in [4.78, 5) is 25.0. The fraction of sp³-hybridized carbons (Fsp3) is 0.333. The second-order valence-electron chi connectivity index (χ2n) is 4.10. The molecule has 2 nitrogen and oxygen atoms in total. The molecule has 0 radical (unpaired) electrons. The van der Waals surface area contributed by atoms with Crippen LogP contribution in [-0.2, 0) is 0 Å². The van der Waals surface area contributed by atoms with Crippen LogP contribution in [0.25, 0.3) is 0 Å². The van der Waals surface area contributed by atoms with Crippen molar-refractivity contribution in [3.8, 4) is 0 Å². The van der Waals surface area contributed by atoms with Gasteiger partial charge in [0, 0.05) is 27.2 Å². The number of benzene rings is 1. The van der Waals surface area contributed by atoms with Crippen LogP contribution in [0.1, 0.15) is 67.8 Å². The van der Waals surface area contributed by atoms with Gasteiger partial charge >= 0.3 is 0 Å². The maximum absolute atomic E-state index is 12.4. The van der Waals surface area contributed by atoms with Gasteiger partial charge in [0.15, 0.2) is 11.6 Å². The summed E-state index contributed by atoms with van der Waals surface area (Å²) in [5.74, 6) is -0.411. The Labute approximate surface area is 152 Å². The molecule has 0 fully saturated rings. The summed E-state index contributed by atoms with van der Waals surface area (Å²) < 4.78 is 0. The summed E-state index contributed by atoms with van der Waals surface area (Å²) in [5.41, 5.74) is 2.18. The van der Waals surface area contributed by atoms with E-state index in [0.29, 0.717) is 11.1 Å². The van der Waals surface area contributed by atoms with Crippen molar-refractivity contribution in [2.24, 2.45) is 0 Å². The van der Waals surface area contributed by atoms with Crippen molar-refractivity contribution in [3.63, 3.8) is 0 Å². The number of ketones is 2. The molecule has 0 aliphatic heterocycles. The fourth-order valence-corrected chi connectivity index (χ4v) is 2.37. The van der Waals surface area contributed by atoms with E-state index < -0.39 is 0 Å². The van der Waals surface area contributed by atoms with Crippen LogP contribution >= 0.6 is 12.6 Å². The second-order valence-corrected chi connectivity index (χ2v) is 4.64. The van der Waals surface area contributed by atoms with Gasteiger partial charge in [0.25, 0.3) is 0 Å². The summed E-state index contributed by atoms with van der Waals surface area (Å²) in [7, 11) is 0. The Morgan fingerprint density at radius 2 is 1.50 bits per heavy atom. The van der Waals surface area contributed by atoms with Crippen molar-refractivity contribution in [3.05, 3.63) is 70.2 Å². The summed E-state index contributed by atoms with van der Waals surface area (Å²) in [6, 6.07) is 5.22. The van der Waals surface area contributed by atoms with E-state index in [2.05, 4.69) is 25.8 Å². The molecule has 1 aromatic rings. The third kappa shape index (κ3) is 5.07. The van der Waals surface area contributed by atoms with Crippen LogP contribution < -0.4 is 0 Å². The van der Waals surface area contributed by atoms with Crippen molar-refractivity contribution in [2.45, 2.75) is 48.5 Å². The highest BCUT2D eigenvalue weighted by molar-refractivity contribution is 7.84. The van der Waals surface area contributed by atoms with Crippen LogP contribution in [0.5, 0.6) is 0 Å². The van der Waals surface area contributed by atoms with Crippen LogP contribution in [0.4, 0.5) is 0 Å². The van der Waals surface area contributed by atoms with Gasteiger partial charge in [-0.05, 0) is 12.5 Å². The first-order chi connectivity index (χ1) is 11.5. The SMILES string of the molecule is C=CC1=C(C(=C)S)C(=O)c2cccc(C)c2C1=O.CC.CC.CC. The van der Waals surface area contributed by atoms with Crippen molar-refractivity contribution in [1.29, 1.82) is 0 Å². The lowest BCUT2D eigenvalue weighted by Crippen LogP contribution is -2.22. The van der Waals surface area contributed by atoms with E-state index in [9.17, 15) is 9.59 Å². The molecule has 1 aromatic carbocycles. The Morgan fingerprint density at radius 1 is 1.00 bits per heavy atom. The summed E-state index contributed by atoms with van der Waals surface area (Å²) in [6.45, 7) is 21.1. The molecule has 0 atom stereocenters. The van der Waals surface area contributed by atoms with Crippen molar-refractivity contribution < 1.29 is 9.59 Å². The monoisotopic (exact) mass is 346 g/mol. The molecule has 0 saturated carbocycles. The fourth-order valence-electron chi connectivity index (χ4n) is 2.14. The van der Waals surface area contributed by atoms with E-state index in [1.54, 1.807) is 12.1 Å². The zero-order chi connectivity index (χ0) is 19.4. The number of aryl methyl sites for hydroxylation is 1. The molecule has 0 saturated heterocycles. The molecular weight excluding hydrogens is 316 g/mol. The van der Waals surface area contributed by atoms with Crippen LogP contribution in [0, 0.1) is 6.92 Å². The zero-order valence-electron chi connectivity index (χ0n) is 16.0. The molecule has 1 aliphatic carbocycles. The van der Waals surface area contributed by atoms with Gasteiger partial charge in [0.05, 0.1) is 0 Å². The predicted octanol–water partition coefficient (Wildman–Crippen LogP) is 6.38. The first kappa shape index (κ1) is 24.4. The van der Waals surface area contributed by atoms with Crippen LogP contribution in [-0.4, -0.2) is 11.6 Å². The molecule has 0 bridgehead atoms. The Hall–Kier alpha value is -1.87. The first-order valence-corrected chi connectivity index (χ1v) is 8.87. The minimum atomic E-state index is -0.219. The number of hydrogen-bond acceptors (Lipinski definition) is 3. The predicted molar refractivity (Wildman–Crippen MR) is 109 cm³/mol. The molecule has 132 valence electrons. The van der Waals surface area contributed by atoms with Crippen LogP contribution in [0.15, 0.2) is 53.5 Å². The van der Waals surface area contributed by atoms with Crippen LogP contribution in [0.3, 0.4) is 0 Å². The third-order valence-corrected chi connectivity index (χ3v) is 3.20. The van der Waals surface area contributed by atoms with E-state index in [1.807, 2.05) is 54.5 Å². The highest BCUT2D eigenvalue weighted by Gasteiger charge is 2.32. The summed E-state index contributed by atoms with van der Waals surface area (Å²) >= 11 is 4.10. The van der Waals surface area contributed by atoms with Crippen molar-refractivity contribution in [1.82, 2.24) is 0 Å². The second kappa shape index (κ2) is 12.5. The number of thiol groups is 1. The molecule has 0 amide bonds. The maximum Gasteiger partial charge on any atom is 0.195 e. The minimum Gasteiger partial charge on any atom is -0.289 e. The van der Waals surface area contributed by atoms with Gasteiger partial charge in [0.2, 0.25) is 0 Å². The van der Waals surface area contributed by atoms with Gasteiger partial charge in [-0.25, -0.2) is 0 Å². The Balaban J connectivity index is 0. The van der Waals surface area contributed by atoms with E-state index >= 15 is 0 Å². The van der Waals surface area contributed by atoms with E-state index in [1.165, 1.54) is 6.08 Å². The van der Waals surface area contributed by atoms with Gasteiger partial charge in [-0.3, -0.25) is 9.59 Å². The highest BCUT2D eigenvalue weighted by Crippen LogP contribution is 2.32. The average molecular weight is 347 g/mol. The molecule has 3 heteroatoms. The summed E-state index contributed by atoms with van der Waals surface area (Å²) in [6.07, 6.45) is 1.40. The largest absolute Gasteiger partial charge is 0.289 e. The summed E-state index contributed by atoms with van der Waals surface area (Å²) in [5, 5.41) is 0. The Morgan fingerprint density at radius 3 is 1.92 bits per heavy atom. The topological polar surface area (TPSA) is 34.1 Å². The lowest BCUT2D eigenvalue weighted by molar-refractivity contribution is 0.0980. The number of allylic oxidation sites excluding steroid dienone is 3. The van der Waals surface area contributed by atoms with E-state index in [-0.39, 0.29) is 27.6 Å². The molecule has 0 N–H and O–H groups in total. The Kier molecular flexibility index (Phi) is 12.7. The number of carbonyl (C=O) groups is 2. The molecule has 0 heterocycles. The molecule has 2 rings (SSSR count). The van der Waals surface area contributed by atoms with E-state index in [4.69, 9.17) is 0 Å². The quantitative estimate of drug-likeness (QED) is 0.630. The van der Waals surface area contributed by atoms with Gasteiger partial charge in [0.1, 0.15) is 0 Å². The van der Waals surface area contributed by atoms with Crippen LogP contribution in [0.2, 0.25) is 0 Å². The van der Waals surface area contributed by atoms with Crippen molar-refractivity contribution in [2.75, 3.05) is 0 Å². The average Bonchev–Trinajstić information content (AvgIpc) is 2.62. The maximum atomic E-state index is 12.4.